The second-order valence-electron chi connectivity index (χ2n) is 7.87. The third kappa shape index (κ3) is 4.96. The molecule has 0 aliphatic carbocycles. The van der Waals surface area contributed by atoms with Crippen LogP contribution in [-0.2, 0) is 0 Å². The number of aromatic hydroxyl groups is 1. The molecule has 0 unspecified atom stereocenters. The third-order valence-electron chi connectivity index (χ3n) is 5.72. The summed E-state index contributed by atoms with van der Waals surface area (Å²) in [4.78, 5) is 20.8. The van der Waals surface area contributed by atoms with Gasteiger partial charge < -0.3 is 20.2 Å². The summed E-state index contributed by atoms with van der Waals surface area (Å²) < 4.78 is 26.9. The van der Waals surface area contributed by atoms with Crippen molar-refractivity contribution in [2.45, 2.75) is 18.9 Å². The smallest absolute Gasteiger partial charge is 0.321 e. The van der Waals surface area contributed by atoms with E-state index in [1.54, 1.807) is 48.3 Å². The molecule has 2 heterocycles. The first-order valence-corrected chi connectivity index (χ1v) is 10.4. The maximum atomic E-state index is 13.4. The summed E-state index contributed by atoms with van der Waals surface area (Å²) in [5.74, 6) is -0.319. The summed E-state index contributed by atoms with van der Waals surface area (Å²) in [6.07, 6.45) is 3.03. The molecular weight excluding hydrogens is 414 g/mol. The average molecular weight is 438 g/mol. The maximum Gasteiger partial charge on any atom is 0.321 e. The van der Waals surface area contributed by atoms with Gasteiger partial charge in [-0.25, -0.2) is 18.6 Å². The SMILES string of the molecule is CN(C(=O)Nc1ccc(-c2cc(F)cc(F)c2)cc1)C1CCN(c2ccc(O)cn2)CC1. The first-order valence-electron chi connectivity index (χ1n) is 10.4. The van der Waals surface area contributed by atoms with Crippen molar-refractivity contribution in [3.8, 4) is 16.9 Å². The van der Waals surface area contributed by atoms with Crippen LogP contribution in [0, 0.1) is 11.6 Å². The van der Waals surface area contributed by atoms with E-state index >= 15 is 0 Å². The first-order chi connectivity index (χ1) is 15.4. The van der Waals surface area contributed by atoms with Gasteiger partial charge in [0.05, 0.1) is 6.20 Å². The number of aromatic nitrogens is 1. The summed E-state index contributed by atoms with van der Waals surface area (Å²) in [5, 5.41) is 12.3. The number of amides is 2. The number of hydrogen-bond acceptors (Lipinski definition) is 4. The Morgan fingerprint density at radius 2 is 1.69 bits per heavy atom. The average Bonchev–Trinajstić information content (AvgIpc) is 2.79. The first kappa shape index (κ1) is 21.5. The van der Waals surface area contributed by atoms with Crippen molar-refractivity contribution in [3.05, 3.63) is 72.4 Å². The third-order valence-corrected chi connectivity index (χ3v) is 5.72. The van der Waals surface area contributed by atoms with E-state index in [4.69, 9.17) is 0 Å². The minimum Gasteiger partial charge on any atom is -0.506 e. The zero-order chi connectivity index (χ0) is 22.7. The molecule has 2 aromatic carbocycles. The summed E-state index contributed by atoms with van der Waals surface area (Å²) in [6, 6.07) is 13.5. The number of rotatable bonds is 4. The van der Waals surface area contributed by atoms with E-state index in [1.807, 2.05) is 0 Å². The summed E-state index contributed by atoms with van der Waals surface area (Å²) in [6.45, 7) is 1.53. The van der Waals surface area contributed by atoms with Crippen LogP contribution in [0.25, 0.3) is 11.1 Å². The highest BCUT2D eigenvalue weighted by molar-refractivity contribution is 5.89. The highest BCUT2D eigenvalue weighted by Gasteiger charge is 2.26. The van der Waals surface area contributed by atoms with Crippen LogP contribution in [0.3, 0.4) is 0 Å². The van der Waals surface area contributed by atoms with Crippen molar-refractivity contribution >= 4 is 17.5 Å². The molecule has 2 amide bonds. The molecule has 0 atom stereocenters. The highest BCUT2D eigenvalue weighted by Crippen LogP contribution is 2.25. The summed E-state index contributed by atoms with van der Waals surface area (Å²) in [5.41, 5.74) is 1.70. The molecule has 0 radical (unpaired) electrons. The van der Waals surface area contributed by atoms with Crippen LogP contribution in [0.1, 0.15) is 12.8 Å². The molecule has 0 bridgehead atoms. The largest absolute Gasteiger partial charge is 0.506 e. The van der Waals surface area contributed by atoms with Gasteiger partial charge in [-0.3, -0.25) is 0 Å². The fourth-order valence-electron chi connectivity index (χ4n) is 3.89. The number of pyridine rings is 1. The van der Waals surface area contributed by atoms with E-state index in [0.29, 0.717) is 16.8 Å². The lowest BCUT2D eigenvalue weighted by atomic mass is 10.0. The Hall–Kier alpha value is -3.68. The Bertz CT molecular complexity index is 1060. The Labute approximate surface area is 185 Å². The van der Waals surface area contributed by atoms with Crippen molar-refractivity contribution in [2.24, 2.45) is 0 Å². The molecule has 1 aliphatic heterocycles. The van der Waals surface area contributed by atoms with Crippen molar-refractivity contribution in [3.63, 3.8) is 0 Å². The van der Waals surface area contributed by atoms with E-state index in [0.717, 1.165) is 37.8 Å². The van der Waals surface area contributed by atoms with Crippen molar-refractivity contribution in [1.29, 1.82) is 0 Å². The number of anilines is 2. The lowest BCUT2D eigenvalue weighted by molar-refractivity contribution is 0.193. The number of piperidine rings is 1. The Morgan fingerprint density at radius 1 is 1.03 bits per heavy atom. The molecule has 32 heavy (non-hydrogen) atoms. The molecule has 2 N–H and O–H groups in total. The van der Waals surface area contributed by atoms with E-state index in [1.165, 1.54) is 18.3 Å². The van der Waals surface area contributed by atoms with Gasteiger partial charge in [0.2, 0.25) is 0 Å². The summed E-state index contributed by atoms with van der Waals surface area (Å²) >= 11 is 0. The molecule has 6 nitrogen and oxygen atoms in total. The lowest BCUT2D eigenvalue weighted by Crippen LogP contribution is -2.47. The van der Waals surface area contributed by atoms with Crippen LogP contribution in [0.15, 0.2) is 60.8 Å². The molecule has 166 valence electrons. The maximum absolute atomic E-state index is 13.4. The van der Waals surface area contributed by atoms with Gasteiger partial charge in [-0.1, -0.05) is 12.1 Å². The topological polar surface area (TPSA) is 68.7 Å². The zero-order valence-corrected chi connectivity index (χ0v) is 17.6. The van der Waals surface area contributed by atoms with Gasteiger partial charge in [0.1, 0.15) is 23.2 Å². The van der Waals surface area contributed by atoms with Crippen molar-refractivity contribution in [1.82, 2.24) is 9.88 Å². The van der Waals surface area contributed by atoms with Crippen LogP contribution < -0.4 is 10.2 Å². The zero-order valence-electron chi connectivity index (χ0n) is 17.6. The van der Waals surface area contributed by atoms with E-state index in [9.17, 15) is 18.7 Å². The standard InChI is InChI=1S/C24H24F2N4O2/c1-29(21-8-10-30(11-9-21)23-7-6-22(31)15-27-23)24(32)28-20-4-2-16(3-5-20)17-12-18(25)14-19(26)13-17/h2-7,12-15,21,31H,8-11H2,1H3,(H,28,32). The predicted molar refractivity (Wildman–Crippen MR) is 120 cm³/mol. The van der Waals surface area contributed by atoms with Crippen molar-refractivity contribution < 1.29 is 18.7 Å². The van der Waals surface area contributed by atoms with E-state index in [2.05, 4.69) is 15.2 Å². The normalized spacial score (nSPS) is 14.3. The number of halogens is 2. The van der Waals surface area contributed by atoms with Crippen LogP contribution in [0.4, 0.5) is 25.1 Å². The van der Waals surface area contributed by atoms with E-state index in [-0.39, 0.29) is 17.8 Å². The number of urea groups is 1. The molecule has 3 aromatic rings. The molecule has 1 aromatic heterocycles. The van der Waals surface area contributed by atoms with Crippen LogP contribution in [0.2, 0.25) is 0 Å². The Kier molecular flexibility index (Phi) is 6.20. The van der Waals surface area contributed by atoms with Gasteiger partial charge in [-0.2, -0.15) is 0 Å². The molecule has 0 spiro atoms. The molecule has 1 aliphatic rings. The number of nitrogens with zero attached hydrogens (tertiary/aromatic N) is 3. The van der Waals surface area contributed by atoms with Gasteiger partial charge in [-0.05, 0) is 60.4 Å². The minimum atomic E-state index is -0.633. The molecule has 1 saturated heterocycles. The highest BCUT2D eigenvalue weighted by atomic mass is 19.1. The quantitative estimate of drug-likeness (QED) is 0.610. The summed E-state index contributed by atoms with van der Waals surface area (Å²) in [7, 11) is 1.78. The van der Waals surface area contributed by atoms with E-state index < -0.39 is 11.6 Å². The molecule has 0 saturated carbocycles. The molecule has 1 fully saturated rings. The van der Waals surface area contributed by atoms with Crippen LogP contribution in [0.5, 0.6) is 5.75 Å². The number of carbonyl (C=O) groups is 1. The van der Waals surface area contributed by atoms with Crippen molar-refractivity contribution in [2.75, 3.05) is 30.4 Å². The van der Waals surface area contributed by atoms with Gasteiger partial charge in [0, 0.05) is 37.9 Å². The molecule has 8 heteroatoms. The number of benzene rings is 2. The molecule has 4 rings (SSSR count). The van der Waals surface area contributed by atoms with Gasteiger partial charge >= 0.3 is 6.03 Å². The lowest BCUT2D eigenvalue weighted by Gasteiger charge is -2.37. The second-order valence-corrected chi connectivity index (χ2v) is 7.87. The Balaban J connectivity index is 1.33. The Morgan fingerprint density at radius 3 is 2.28 bits per heavy atom. The van der Waals surface area contributed by atoms with Gasteiger partial charge in [-0.15, -0.1) is 0 Å². The molecular formula is C24H24F2N4O2. The van der Waals surface area contributed by atoms with Crippen LogP contribution >= 0.6 is 0 Å². The number of nitrogens with one attached hydrogen (secondary N) is 1. The monoisotopic (exact) mass is 438 g/mol. The number of carbonyl (C=O) groups excluding carboxylic acids is 1. The van der Waals surface area contributed by atoms with Gasteiger partial charge in [0.15, 0.2) is 0 Å². The second kappa shape index (κ2) is 9.21. The fourth-order valence-corrected chi connectivity index (χ4v) is 3.89. The van der Waals surface area contributed by atoms with Gasteiger partial charge in [0.25, 0.3) is 0 Å². The predicted octanol–water partition coefficient (Wildman–Crippen LogP) is 4.87. The van der Waals surface area contributed by atoms with Crippen LogP contribution in [-0.4, -0.2) is 47.2 Å². The number of hydrogen-bond donors (Lipinski definition) is 2. The fraction of sp³-hybridized carbons (Fsp3) is 0.250. The minimum absolute atomic E-state index is 0.0953.